The van der Waals surface area contributed by atoms with Crippen LogP contribution in [0.15, 0.2) is 6.20 Å². The Labute approximate surface area is 67.9 Å². The predicted molar refractivity (Wildman–Crippen MR) is 40.3 cm³/mol. The van der Waals surface area contributed by atoms with Gasteiger partial charge in [-0.15, -0.1) is 0 Å². The van der Waals surface area contributed by atoms with Crippen molar-refractivity contribution in [3.05, 3.63) is 22.0 Å². The van der Waals surface area contributed by atoms with Gasteiger partial charge in [0.25, 0.3) is 0 Å². The summed E-state index contributed by atoms with van der Waals surface area (Å²) in [6.45, 7) is 0. The van der Waals surface area contributed by atoms with Gasteiger partial charge in [0, 0.05) is 0 Å². The topological polar surface area (TPSA) is 97.8 Å². The van der Waals surface area contributed by atoms with Gasteiger partial charge in [0.2, 0.25) is 0 Å². The zero-order chi connectivity index (χ0) is 8.77. The average molecular weight is 168 g/mol. The predicted octanol–water partition coefficient (Wildman–Crippen LogP) is 0.266. The molecule has 1 aliphatic rings. The summed E-state index contributed by atoms with van der Waals surface area (Å²) in [7, 11) is 0. The fraction of sp³-hybridized carbons (Fsp3) is 0.500. The minimum Gasteiger partial charge on any atom is -0.320 e. The molecule has 0 radical (unpaired) electrons. The zero-order valence-corrected chi connectivity index (χ0v) is 6.28. The summed E-state index contributed by atoms with van der Waals surface area (Å²) >= 11 is 0. The molecule has 1 saturated carbocycles. The van der Waals surface area contributed by atoms with Crippen LogP contribution in [0.3, 0.4) is 0 Å². The Morgan fingerprint density at radius 2 is 2.42 bits per heavy atom. The number of hydrogen-bond donors (Lipinski definition) is 2. The molecule has 12 heavy (non-hydrogen) atoms. The molecule has 6 heteroatoms. The van der Waals surface area contributed by atoms with Gasteiger partial charge >= 0.3 is 5.69 Å². The Morgan fingerprint density at radius 1 is 1.75 bits per heavy atom. The third kappa shape index (κ3) is 0.884. The van der Waals surface area contributed by atoms with Gasteiger partial charge in [-0.2, -0.15) is 5.10 Å². The first-order valence-corrected chi connectivity index (χ1v) is 3.61. The third-order valence-electron chi connectivity index (χ3n) is 2.10. The van der Waals surface area contributed by atoms with Crippen LogP contribution in [0, 0.1) is 10.1 Å². The number of hydrogen-bond acceptors (Lipinski definition) is 4. The zero-order valence-electron chi connectivity index (χ0n) is 6.28. The average Bonchev–Trinajstić information content (AvgIpc) is 2.61. The SMILES string of the molecule is NC1(c2[nH]ncc2[N+](=O)[O-])CC1. The molecule has 1 fully saturated rings. The maximum atomic E-state index is 10.4. The van der Waals surface area contributed by atoms with Crippen molar-refractivity contribution in [2.24, 2.45) is 5.73 Å². The quantitative estimate of drug-likeness (QED) is 0.489. The van der Waals surface area contributed by atoms with E-state index in [1.165, 1.54) is 6.20 Å². The van der Waals surface area contributed by atoms with E-state index in [0.29, 0.717) is 5.69 Å². The molecule has 0 unspecified atom stereocenters. The molecule has 1 aromatic rings. The fourth-order valence-electron chi connectivity index (χ4n) is 1.17. The molecule has 0 saturated heterocycles. The Bertz CT molecular complexity index is 328. The first-order chi connectivity index (χ1) is 5.63. The highest BCUT2D eigenvalue weighted by Crippen LogP contribution is 2.44. The molecule has 0 aromatic carbocycles. The van der Waals surface area contributed by atoms with Crippen LogP contribution in [0.4, 0.5) is 5.69 Å². The van der Waals surface area contributed by atoms with Crippen LogP contribution in [0.5, 0.6) is 0 Å². The van der Waals surface area contributed by atoms with Gasteiger partial charge < -0.3 is 5.73 Å². The highest BCUT2D eigenvalue weighted by molar-refractivity contribution is 5.40. The first-order valence-electron chi connectivity index (χ1n) is 3.61. The Kier molecular flexibility index (Phi) is 1.23. The summed E-state index contributed by atoms with van der Waals surface area (Å²) in [5.41, 5.74) is 5.71. The second kappa shape index (κ2) is 2.04. The molecule has 6 nitrogen and oxygen atoms in total. The standard InChI is InChI=1S/C6H8N4O2/c7-6(1-2-6)5-4(10(11)12)3-8-9-5/h3H,1-2,7H2,(H,8,9). The maximum absolute atomic E-state index is 10.4. The molecule has 1 aliphatic carbocycles. The Hall–Kier alpha value is -1.43. The molecular formula is C6H8N4O2. The van der Waals surface area contributed by atoms with E-state index < -0.39 is 10.5 Å². The molecule has 0 spiro atoms. The minimum absolute atomic E-state index is 0.00463. The summed E-state index contributed by atoms with van der Waals surface area (Å²) in [5, 5.41) is 16.6. The number of aromatic amines is 1. The van der Waals surface area contributed by atoms with Crippen molar-refractivity contribution in [1.29, 1.82) is 0 Å². The smallest absolute Gasteiger partial charge is 0.311 e. The van der Waals surface area contributed by atoms with Crippen molar-refractivity contribution in [3.8, 4) is 0 Å². The van der Waals surface area contributed by atoms with E-state index in [4.69, 9.17) is 5.73 Å². The minimum atomic E-state index is -0.515. The number of H-pyrrole nitrogens is 1. The lowest BCUT2D eigenvalue weighted by Crippen LogP contribution is -2.20. The van der Waals surface area contributed by atoms with Gasteiger partial charge in [0.1, 0.15) is 11.9 Å². The number of rotatable bonds is 2. The van der Waals surface area contributed by atoms with Crippen molar-refractivity contribution in [2.45, 2.75) is 18.4 Å². The lowest BCUT2D eigenvalue weighted by molar-refractivity contribution is -0.385. The fourth-order valence-corrected chi connectivity index (χ4v) is 1.17. The van der Waals surface area contributed by atoms with Gasteiger partial charge in [-0.1, -0.05) is 0 Å². The van der Waals surface area contributed by atoms with Gasteiger partial charge in [-0.25, -0.2) is 0 Å². The van der Waals surface area contributed by atoms with Crippen molar-refractivity contribution < 1.29 is 4.92 Å². The summed E-state index contributed by atoms with van der Waals surface area (Å²) < 4.78 is 0. The van der Waals surface area contributed by atoms with E-state index >= 15 is 0 Å². The molecule has 2 rings (SSSR count). The maximum Gasteiger partial charge on any atom is 0.311 e. The molecular weight excluding hydrogens is 160 g/mol. The Morgan fingerprint density at radius 3 is 2.92 bits per heavy atom. The van der Waals surface area contributed by atoms with Crippen LogP contribution < -0.4 is 5.73 Å². The monoisotopic (exact) mass is 168 g/mol. The summed E-state index contributed by atoms with van der Waals surface area (Å²) in [5.74, 6) is 0. The summed E-state index contributed by atoms with van der Waals surface area (Å²) in [6, 6.07) is 0. The van der Waals surface area contributed by atoms with Crippen molar-refractivity contribution >= 4 is 5.69 Å². The van der Waals surface area contributed by atoms with Gasteiger partial charge in [-0.3, -0.25) is 15.2 Å². The van der Waals surface area contributed by atoms with Gasteiger partial charge in [0.15, 0.2) is 0 Å². The first kappa shape index (κ1) is 7.23. The molecule has 0 amide bonds. The van der Waals surface area contributed by atoms with E-state index in [9.17, 15) is 10.1 Å². The lowest BCUT2D eigenvalue weighted by Gasteiger charge is -2.02. The molecule has 1 heterocycles. The molecule has 0 bridgehead atoms. The van der Waals surface area contributed by atoms with Crippen LogP contribution in [-0.2, 0) is 5.54 Å². The van der Waals surface area contributed by atoms with E-state index in [0.717, 1.165) is 12.8 Å². The van der Waals surface area contributed by atoms with E-state index in [1.54, 1.807) is 0 Å². The molecule has 0 aliphatic heterocycles. The highest BCUT2D eigenvalue weighted by atomic mass is 16.6. The van der Waals surface area contributed by atoms with Crippen LogP contribution >= 0.6 is 0 Å². The van der Waals surface area contributed by atoms with E-state index in [2.05, 4.69) is 10.2 Å². The van der Waals surface area contributed by atoms with Crippen molar-refractivity contribution in [1.82, 2.24) is 10.2 Å². The number of nitro groups is 1. The largest absolute Gasteiger partial charge is 0.320 e. The summed E-state index contributed by atoms with van der Waals surface area (Å²) in [6.07, 6.45) is 2.77. The molecule has 64 valence electrons. The summed E-state index contributed by atoms with van der Waals surface area (Å²) in [4.78, 5) is 9.98. The van der Waals surface area contributed by atoms with Crippen molar-refractivity contribution in [2.75, 3.05) is 0 Å². The van der Waals surface area contributed by atoms with Crippen LogP contribution in [-0.4, -0.2) is 15.1 Å². The third-order valence-corrected chi connectivity index (χ3v) is 2.10. The normalized spacial score (nSPS) is 19.1. The van der Waals surface area contributed by atoms with Crippen molar-refractivity contribution in [3.63, 3.8) is 0 Å². The second-order valence-electron chi connectivity index (χ2n) is 3.04. The number of nitrogens with two attached hydrogens (primary N) is 1. The van der Waals surface area contributed by atoms with E-state index in [1.807, 2.05) is 0 Å². The van der Waals surface area contributed by atoms with Gasteiger partial charge in [0.05, 0.1) is 10.5 Å². The number of nitrogens with zero attached hydrogens (tertiary/aromatic N) is 2. The number of aromatic nitrogens is 2. The molecule has 3 N–H and O–H groups in total. The van der Waals surface area contributed by atoms with Gasteiger partial charge in [-0.05, 0) is 12.8 Å². The number of nitrogens with one attached hydrogen (secondary N) is 1. The molecule has 1 aromatic heterocycles. The highest BCUT2D eigenvalue weighted by Gasteiger charge is 2.46. The van der Waals surface area contributed by atoms with E-state index in [-0.39, 0.29) is 5.69 Å². The van der Waals surface area contributed by atoms with Crippen LogP contribution in [0.1, 0.15) is 18.5 Å². The van der Waals surface area contributed by atoms with Crippen LogP contribution in [0.2, 0.25) is 0 Å². The lowest BCUT2D eigenvalue weighted by atomic mass is 10.2. The van der Waals surface area contributed by atoms with Crippen LogP contribution in [0.25, 0.3) is 0 Å². The Balaban J connectivity index is 2.43. The molecule has 0 atom stereocenters. The second-order valence-corrected chi connectivity index (χ2v) is 3.04.